The second-order valence-electron chi connectivity index (χ2n) is 25.9. The zero-order valence-electron chi connectivity index (χ0n) is 54.6. The number of carbonyl (C=O) groups is 11. The minimum absolute atomic E-state index is 0.00615. The van der Waals surface area contributed by atoms with Gasteiger partial charge in [-0.1, -0.05) is 93.9 Å². The van der Waals surface area contributed by atoms with Gasteiger partial charge in [0, 0.05) is 57.9 Å². The Hall–Kier alpha value is -5.71. The highest BCUT2D eigenvalue weighted by molar-refractivity contribution is 6.00. The number of amides is 10. The maximum absolute atomic E-state index is 14.6. The molecule has 0 spiro atoms. The third kappa shape index (κ3) is 30.0. The standard InChI is InChI=1S/C62H113N11O12/c1-16-19-21-22-26-42(8)38-48(53(79)67-47(37-41(6)7)55(81)71-60(10,11)57(83)68-46(36-40(4)5)52(78)64-32-31-50(76)65-43(9)39-63-33-35-74)69-58(84)61(12,13)72-59(85)62(14,15)70-54(80)45(29-23-28-44(75)27-20-17-2)66-56(82)49-30-24-34-73(49)51(77)25-18-3/h40-43,45-49,63,74H,16-39H2,1-15H3,(H,64,78)(H,65,76)(H,66,82)(H,67,79)(H,68,83)(H,69,84)(H,70,80)(H,71,81)(H,72,85)/t42-,43+,45+,46+,47+,48+,49+/m1/s1. The van der Waals surface area contributed by atoms with Crippen molar-refractivity contribution in [2.75, 3.05) is 32.8 Å². The first-order chi connectivity index (χ1) is 39.7. The van der Waals surface area contributed by atoms with Crippen LogP contribution in [0.3, 0.4) is 0 Å². The summed E-state index contributed by atoms with van der Waals surface area (Å²) in [6, 6.07) is -5.53. The number of nitrogens with one attached hydrogen (secondary N) is 10. The van der Waals surface area contributed by atoms with Crippen LogP contribution in [0.25, 0.3) is 0 Å². The Labute approximate surface area is 508 Å². The normalized spacial score (nSPS) is 15.8. The Morgan fingerprint density at radius 3 is 1.62 bits per heavy atom. The van der Waals surface area contributed by atoms with Crippen LogP contribution in [0.4, 0.5) is 0 Å². The van der Waals surface area contributed by atoms with E-state index in [1.807, 2.05) is 55.4 Å². The smallest absolute Gasteiger partial charge is 0.246 e. The fourth-order valence-corrected chi connectivity index (χ4v) is 9.88. The van der Waals surface area contributed by atoms with Crippen molar-refractivity contribution in [1.29, 1.82) is 0 Å². The van der Waals surface area contributed by atoms with E-state index in [-0.39, 0.29) is 106 Å². The van der Waals surface area contributed by atoms with Crippen molar-refractivity contribution >= 4 is 64.9 Å². The van der Waals surface area contributed by atoms with Gasteiger partial charge in [0.25, 0.3) is 0 Å². The zero-order chi connectivity index (χ0) is 64.7. The van der Waals surface area contributed by atoms with Crippen molar-refractivity contribution in [3.8, 4) is 0 Å². The monoisotopic (exact) mass is 1200 g/mol. The molecule has 0 bridgehead atoms. The molecule has 0 aromatic carbocycles. The van der Waals surface area contributed by atoms with Gasteiger partial charge in [-0.2, -0.15) is 0 Å². The molecule has 1 fully saturated rings. The molecule has 23 nitrogen and oxygen atoms in total. The number of nitrogens with zero attached hydrogens (tertiary/aromatic N) is 1. The molecule has 1 saturated heterocycles. The Bertz CT molecular complexity index is 2170. The number of unbranched alkanes of at least 4 members (excludes halogenated alkanes) is 4. The number of ketones is 1. The summed E-state index contributed by atoms with van der Waals surface area (Å²) in [7, 11) is 0. The van der Waals surface area contributed by atoms with Gasteiger partial charge in [0.1, 0.15) is 52.6 Å². The van der Waals surface area contributed by atoms with Crippen molar-refractivity contribution in [1.82, 2.24) is 58.1 Å². The maximum Gasteiger partial charge on any atom is 0.246 e. The summed E-state index contributed by atoms with van der Waals surface area (Å²) in [4.78, 5) is 152. The van der Waals surface area contributed by atoms with Crippen molar-refractivity contribution in [2.45, 2.75) is 279 Å². The van der Waals surface area contributed by atoms with Crippen LogP contribution < -0.4 is 53.2 Å². The van der Waals surface area contributed by atoms with Crippen molar-refractivity contribution in [3.63, 3.8) is 0 Å². The fourth-order valence-electron chi connectivity index (χ4n) is 9.88. The van der Waals surface area contributed by atoms with E-state index in [1.165, 1.54) is 46.4 Å². The van der Waals surface area contributed by atoms with E-state index >= 15 is 0 Å². The molecule has 1 rings (SSSR count). The topological polar surface area (TPSA) is 332 Å². The third-order valence-corrected chi connectivity index (χ3v) is 15.0. The predicted molar refractivity (Wildman–Crippen MR) is 329 cm³/mol. The lowest BCUT2D eigenvalue weighted by Crippen LogP contribution is -2.66. The molecule has 0 aromatic heterocycles. The molecule has 23 heteroatoms. The first-order valence-electron chi connectivity index (χ1n) is 31.6. The van der Waals surface area contributed by atoms with Crippen LogP contribution in [-0.2, 0) is 52.7 Å². The highest BCUT2D eigenvalue weighted by Crippen LogP contribution is 2.22. The van der Waals surface area contributed by atoms with Crippen LogP contribution in [0.1, 0.15) is 226 Å². The first kappa shape index (κ1) is 77.3. The summed E-state index contributed by atoms with van der Waals surface area (Å²) in [6.45, 7) is 27.2. The summed E-state index contributed by atoms with van der Waals surface area (Å²) in [6.07, 6.45) is 9.71. The predicted octanol–water partition coefficient (Wildman–Crippen LogP) is 4.01. The molecule has 0 aromatic rings. The summed E-state index contributed by atoms with van der Waals surface area (Å²) < 4.78 is 0. The van der Waals surface area contributed by atoms with E-state index in [0.29, 0.717) is 45.3 Å². The van der Waals surface area contributed by atoms with Gasteiger partial charge in [-0.3, -0.25) is 52.7 Å². The van der Waals surface area contributed by atoms with Crippen molar-refractivity contribution in [2.24, 2.45) is 17.8 Å². The molecule has 0 aliphatic carbocycles. The lowest BCUT2D eigenvalue weighted by atomic mass is 9.93. The molecule has 1 aliphatic rings. The van der Waals surface area contributed by atoms with E-state index in [2.05, 4.69) is 60.1 Å². The second-order valence-corrected chi connectivity index (χ2v) is 25.9. The molecule has 0 saturated carbocycles. The number of hydrogen-bond acceptors (Lipinski definition) is 13. The Morgan fingerprint density at radius 1 is 0.518 bits per heavy atom. The van der Waals surface area contributed by atoms with Crippen molar-refractivity contribution in [3.05, 3.63) is 0 Å². The summed E-state index contributed by atoms with van der Waals surface area (Å²) in [5.74, 6) is -5.86. The first-order valence-corrected chi connectivity index (χ1v) is 31.6. The number of aliphatic hydroxyl groups excluding tert-OH is 1. The molecule has 488 valence electrons. The van der Waals surface area contributed by atoms with Crippen LogP contribution in [0.2, 0.25) is 0 Å². The van der Waals surface area contributed by atoms with Crippen LogP contribution in [0.15, 0.2) is 0 Å². The largest absolute Gasteiger partial charge is 0.395 e. The van der Waals surface area contributed by atoms with Crippen LogP contribution >= 0.6 is 0 Å². The Morgan fingerprint density at radius 2 is 1.06 bits per heavy atom. The van der Waals surface area contributed by atoms with Crippen LogP contribution in [-0.4, -0.2) is 161 Å². The van der Waals surface area contributed by atoms with Gasteiger partial charge in [-0.15, -0.1) is 0 Å². The molecular formula is C62H113N11O12. The number of Topliss-reactive ketones (excluding diaryl/α,β-unsaturated/α-hetero) is 1. The van der Waals surface area contributed by atoms with Crippen LogP contribution in [0.5, 0.6) is 0 Å². The van der Waals surface area contributed by atoms with Gasteiger partial charge in [0.05, 0.1) is 6.61 Å². The van der Waals surface area contributed by atoms with Gasteiger partial charge < -0.3 is 63.2 Å². The van der Waals surface area contributed by atoms with E-state index in [9.17, 15) is 52.7 Å². The average molecular weight is 1200 g/mol. The van der Waals surface area contributed by atoms with Gasteiger partial charge in [-0.25, -0.2) is 0 Å². The lowest BCUT2D eigenvalue weighted by molar-refractivity contribution is -0.141. The zero-order valence-corrected chi connectivity index (χ0v) is 54.6. The molecule has 1 aliphatic heterocycles. The van der Waals surface area contributed by atoms with Gasteiger partial charge in [0.15, 0.2) is 0 Å². The Kier molecular flexibility index (Phi) is 35.6. The minimum atomic E-state index is -1.69. The number of likely N-dealkylation sites (tertiary alicyclic amines) is 1. The highest BCUT2D eigenvalue weighted by atomic mass is 16.3. The highest BCUT2D eigenvalue weighted by Gasteiger charge is 2.42. The fraction of sp³-hybridized carbons (Fsp3) is 0.823. The van der Waals surface area contributed by atoms with Gasteiger partial charge in [-0.05, 0) is 124 Å². The Balaban J connectivity index is 3.37. The minimum Gasteiger partial charge on any atom is -0.395 e. The third-order valence-electron chi connectivity index (χ3n) is 15.0. The maximum atomic E-state index is 14.6. The number of rotatable bonds is 43. The number of hydrogen-bond donors (Lipinski definition) is 11. The van der Waals surface area contributed by atoms with E-state index in [0.717, 1.165) is 44.9 Å². The summed E-state index contributed by atoms with van der Waals surface area (Å²) in [5, 5.41) is 37.1. The van der Waals surface area contributed by atoms with E-state index < -0.39 is 94.1 Å². The molecule has 0 unspecified atom stereocenters. The van der Waals surface area contributed by atoms with Gasteiger partial charge in [0.2, 0.25) is 59.1 Å². The molecular weight excluding hydrogens is 1090 g/mol. The van der Waals surface area contributed by atoms with E-state index in [4.69, 9.17) is 5.11 Å². The SMILES string of the molecule is CCCCCC[C@@H](C)C[C@H](NC(=O)C(C)(C)NC(=O)C(C)(C)NC(=O)[C@H](CCCC(=O)CCCC)NC(=O)[C@@H]1CCCN1C(=O)CCC)C(=O)N[C@@H](CC(C)C)C(=O)NC(C)(C)C(=O)N[C@@H](CC(C)C)C(=O)NCCC(=O)N[C@@H](C)CNCCO. The van der Waals surface area contributed by atoms with Crippen molar-refractivity contribution < 1.29 is 57.8 Å². The average Bonchev–Trinajstić information content (AvgIpc) is 4.13. The quantitative estimate of drug-likeness (QED) is 0.0385. The van der Waals surface area contributed by atoms with E-state index in [1.54, 1.807) is 0 Å². The van der Waals surface area contributed by atoms with Crippen LogP contribution in [0, 0.1) is 17.8 Å². The molecule has 11 N–H and O–H groups in total. The summed E-state index contributed by atoms with van der Waals surface area (Å²) >= 11 is 0. The molecule has 1 heterocycles. The number of aliphatic hydroxyl groups is 1. The molecule has 85 heavy (non-hydrogen) atoms. The second kappa shape index (κ2) is 39.2. The lowest BCUT2D eigenvalue weighted by Gasteiger charge is -2.34. The number of carbonyl (C=O) groups excluding carboxylic acids is 11. The molecule has 7 atom stereocenters. The molecule has 10 amide bonds. The summed E-state index contributed by atoms with van der Waals surface area (Å²) in [5.41, 5.74) is -4.95. The molecule has 0 radical (unpaired) electrons. The van der Waals surface area contributed by atoms with Gasteiger partial charge >= 0.3 is 0 Å².